The first-order valence-corrected chi connectivity index (χ1v) is 11.0. The van der Waals surface area contributed by atoms with Crippen LogP contribution in [0.3, 0.4) is 0 Å². The lowest BCUT2D eigenvalue weighted by Crippen LogP contribution is -2.49. The Balaban J connectivity index is 1.51. The Bertz CT molecular complexity index is 1150. The zero-order valence-corrected chi connectivity index (χ0v) is 18.5. The van der Waals surface area contributed by atoms with Gasteiger partial charge in [0.1, 0.15) is 17.2 Å². The predicted octanol–water partition coefficient (Wildman–Crippen LogP) is 4.27. The molecule has 2 heterocycles. The van der Waals surface area contributed by atoms with E-state index in [0.29, 0.717) is 6.42 Å². The number of pyridine rings is 1. The second-order valence-corrected chi connectivity index (χ2v) is 8.56. The van der Waals surface area contributed by atoms with Gasteiger partial charge in [-0.3, -0.25) is 9.78 Å². The fraction of sp³-hybridized carbons (Fsp3) is 0.440. The standard InChI is InChI=1S/C25H29N5O/c1-18(30-20(3)27-19(2)29-30)15-24(31)28-25(12-7-4-8-13-25)14-11-21-16-22-9-5-6-10-23(22)26-17-21/h5-6,9-10,16-18H,4,7-8,12-13,15H2,1-3H3,(H,28,31)/t18-/m0/s1. The van der Waals surface area contributed by atoms with Crippen LogP contribution in [-0.2, 0) is 4.79 Å². The van der Waals surface area contributed by atoms with Crippen molar-refractivity contribution in [1.29, 1.82) is 0 Å². The Hall–Kier alpha value is -3.20. The summed E-state index contributed by atoms with van der Waals surface area (Å²) < 4.78 is 1.83. The first kappa shape index (κ1) is 21.0. The summed E-state index contributed by atoms with van der Waals surface area (Å²) in [5, 5.41) is 8.76. The highest BCUT2D eigenvalue weighted by Gasteiger charge is 2.32. The van der Waals surface area contributed by atoms with Crippen molar-refractivity contribution in [2.75, 3.05) is 0 Å². The molecule has 1 N–H and O–H groups in total. The van der Waals surface area contributed by atoms with E-state index in [1.165, 1.54) is 6.42 Å². The van der Waals surface area contributed by atoms with E-state index in [9.17, 15) is 4.79 Å². The number of hydrogen-bond donors (Lipinski definition) is 1. The molecule has 0 bridgehead atoms. The van der Waals surface area contributed by atoms with Crippen molar-refractivity contribution in [2.24, 2.45) is 0 Å². The van der Waals surface area contributed by atoms with Crippen LogP contribution in [0.15, 0.2) is 36.5 Å². The van der Waals surface area contributed by atoms with Crippen LogP contribution in [0.4, 0.5) is 0 Å². The van der Waals surface area contributed by atoms with Gasteiger partial charge in [0.15, 0.2) is 0 Å². The van der Waals surface area contributed by atoms with Gasteiger partial charge < -0.3 is 5.32 Å². The summed E-state index contributed by atoms with van der Waals surface area (Å²) in [5.74, 6) is 8.27. The van der Waals surface area contributed by atoms with Crippen LogP contribution in [-0.4, -0.2) is 31.2 Å². The quantitative estimate of drug-likeness (QED) is 0.646. The number of fused-ring (bicyclic) bond motifs is 1. The SMILES string of the molecule is Cc1nc(C)n([C@@H](C)CC(=O)NC2(C#Cc3cnc4ccccc4c3)CCCCC2)n1. The largest absolute Gasteiger partial charge is 0.340 e. The maximum Gasteiger partial charge on any atom is 0.223 e. The van der Waals surface area contributed by atoms with E-state index in [-0.39, 0.29) is 11.9 Å². The summed E-state index contributed by atoms with van der Waals surface area (Å²) in [4.78, 5) is 21.8. The van der Waals surface area contributed by atoms with Gasteiger partial charge in [0.05, 0.1) is 11.6 Å². The summed E-state index contributed by atoms with van der Waals surface area (Å²) in [5.41, 5.74) is 1.36. The van der Waals surface area contributed by atoms with Gasteiger partial charge in [-0.05, 0) is 45.7 Å². The van der Waals surface area contributed by atoms with Gasteiger partial charge in [0, 0.05) is 23.6 Å². The highest BCUT2D eigenvalue weighted by molar-refractivity contribution is 5.80. The Labute approximate surface area is 183 Å². The lowest BCUT2D eigenvalue weighted by molar-refractivity contribution is -0.123. The van der Waals surface area contributed by atoms with E-state index in [1.54, 1.807) is 0 Å². The van der Waals surface area contributed by atoms with Crippen molar-refractivity contribution in [1.82, 2.24) is 25.1 Å². The van der Waals surface area contributed by atoms with Gasteiger partial charge in [-0.15, -0.1) is 0 Å². The number of rotatable bonds is 4. The molecule has 0 unspecified atom stereocenters. The zero-order chi connectivity index (χ0) is 21.8. The summed E-state index contributed by atoms with van der Waals surface area (Å²) >= 11 is 0. The molecule has 3 aromatic rings. The number of nitrogens with zero attached hydrogens (tertiary/aromatic N) is 4. The van der Waals surface area contributed by atoms with Crippen molar-refractivity contribution in [3.63, 3.8) is 0 Å². The summed E-state index contributed by atoms with van der Waals surface area (Å²) in [7, 11) is 0. The summed E-state index contributed by atoms with van der Waals surface area (Å²) in [6, 6.07) is 10.0. The summed E-state index contributed by atoms with van der Waals surface area (Å²) in [6.07, 6.45) is 7.25. The lowest BCUT2D eigenvalue weighted by Gasteiger charge is -2.34. The number of para-hydroxylation sites is 1. The molecule has 1 atom stereocenters. The number of hydrogen-bond acceptors (Lipinski definition) is 4. The van der Waals surface area contributed by atoms with Crippen LogP contribution in [0.25, 0.3) is 10.9 Å². The molecule has 0 spiro atoms. The van der Waals surface area contributed by atoms with Gasteiger partial charge in [0.25, 0.3) is 0 Å². The molecular weight excluding hydrogens is 386 g/mol. The maximum absolute atomic E-state index is 13.0. The van der Waals surface area contributed by atoms with Crippen molar-refractivity contribution >= 4 is 16.8 Å². The molecule has 1 aromatic carbocycles. The average molecular weight is 416 g/mol. The Morgan fingerprint density at radius 3 is 2.74 bits per heavy atom. The number of carbonyl (C=O) groups excluding carboxylic acids is 1. The number of benzene rings is 1. The smallest absolute Gasteiger partial charge is 0.223 e. The molecule has 1 fully saturated rings. The van der Waals surface area contributed by atoms with E-state index in [1.807, 2.05) is 55.9 Å². The molecule has 1 aliphatic rings. The minimum atomic E-state index is -0.478. The molecule has 6 nitrogen and oxygen atoms in total. The fourth-order valence-electron chi connectivity index (χ4n) is 4.39. The molecule has 31 heavy (non-hydrogen) atoms. The van der Waals surface area contributed by atoms with Gasteiger partial charge in [-0.25, -0.2) is 9.67 Å². The van der Waals surface area contributed by atoms with Gasteiger partial charge in [0.2, 0.25) is 5.91 Å². The molecule has 160 valence electrons. The number of nitrogens with one attached hydrogen (secondary N) is 1. The third-order valence-corrected chi connectivity index (χ3v) is 5.93. The first-order valence-electron chi connectivity index (χ1n) is 11.0. The number of aryl methyl sites for hydroxylation is 2. The predicted molar refractivity (Wildman–Crippen MR) is 121 cm³/mol. The minimum Gasteiger partial charge on any atom is -0.340 e. The Morgan fingerprint density at radius 2 is 2.00 bits per heavy atom. The zero-order valence-electron chi connectivity index (χ0n) is 18.5. The van der Waals surface area contributed by atoms with Crippen LogP contribution in [0.2, 0.25) is 0 Å². The van der Waals surface area contributed by atoms with Crippen molar-refractivity contribution < 1.29 is 4.79 Å². The lowest BCUT2D eigenvalue weighted by atomic mass is 9.81. The molecule has 1 amide bonds. The molecule has 2 aromatic heterocycles. The third kappa shape index (κ3) is 4.93. The van der Waals surface area contributed by atoms with Crippen molar-refractivity contribution in [3.05, 3.63) is 53.7 Å². The van der Waals surface area contributed by atoms with Crippen LogP contribution in [0.1, 0.15) is 68.7 Å². The summed E-state index contributed by atoms with van der Waals surface area (Å²) in [6.45, 7) is 5.78. The van der Waals surface area contributed by atoms with E-state index in [4.69, 9.17) is 0 Å². The van der Waals surface area contributed by atoms with E-state index < -0.39 is 5.54 Å². The van der Waals surface area contributed by atoms with Crippen LogP contribution >= 0.6 is 0 Å². The highest BCUT2D eigenvalue weighted by atomic mass is 16.1. The first-order chi connectivity index (χ1) is 14.9. The second kappa shape index (κ2) is 8.89. The van der Waals surface area contributed by atoms with Crippen molar-refractivity contribution in [3.8, 4) is 11.8 Å². The number of aromatic nitrogens is 4. The molecule has 4 rings (SSSR count). The van der Waals surface area contributed by atoms with E-state index in [0.717, 1.165) is 53.8 Å². The van der Waals surface area contributed by atoms with Crippen LogP contribution in [0.5, 0.6) is 0 Å². The van der Waals surface area contributed by atoms with Gasteiger partial charge >= 0.3 is 0 Å². The minimum absolute atomic E-state index is 0.00731. The molecule has 0 saturated heterocycles. The molecule has 6 heteroatoms. The van der Waals surface area contributed by atoms with Gasteiger partial charge in [-0.2, -0.15) is 5.10 Å². The average Bonchev–Trinajstić information content (AvgIpc) is 3.11. The Kier molecular flexibility index (Phi) is 6.03. The normalized spacial score (nSPS) is 16.4. The second-order valence-electron chi connectivity index (χ2n) is 8.56. The number of carbonyl (C=O) groups is 1. The maximum atomic E-state index is 13.0. The van der Waals surface area contributed by atoms with Crippen LogP contribution < -0.4 is 5.32 Å². The number of amides is 1. The molecular formula is C25H29N5O. The van der Waals surface area contributed by atoms with Crippen LogP contribution in [0, 0.1) is 25.7 Å². The Morgan fingerprint density at radius 1 is 1.23 bits per heavy atom. The van der Waals surface area contributed by atoms with E-state index in [2.05, 4.69) is 38.3 Å². The molecule has 0 radical (unpaired) electrons. The third-order valence-electron chi connectivity index (χ3n) is 5.93. The van der Waals surface area contributed by atoms with E-state index >= 15 is 0 Å². The fourth-order valence-corrected chi connectivity index (χ4v) is 4.39. The molecule has 1 aliphatic carbocycles. The highest BCUT2D eigenvalue weighted by Crippen LogP contribution is 2.28. The van der Waals surface area contributed by atoms with Gasteiger partial charge in [-0.1, -0.05) is 49.3 Å². The molecule has 0 aliphatic heterocycles. The topological polar surface area (TPSA) is 72.7 Å². The van der Waals surface area contributed by atoms with Crippen molar-refractivity contribution in [2.45, 2.75) is 70.9 Å². The monoisotopic (exact) mass is 415 g/mol. The molecule has 1 saturated carbocycles.